The molecule has 2 amide bonds. The lowest BCUT2D eigenvalue weighted by Crippen LogP contribution is -2.49. The van der Waals surface area contributed by atoms with Crippen LogP contribution in [0.25, 0.3) is 0 Å². The fourth-order valence-corrected chi connectivity index (χ4v) is 3.66. The highest BCUT2D eigenvalue weighted by atomic mass is 32.2. The molecule has 0 radical (unpaired) electrons. The monoisotopic (exact) mass is 444 g/mol. The van der Waals surface area contributed by atoms with Gasteiger partial charge in [0.2, 0.25) is 11.8 Å². The van der Waals surface area contributed by atoms with E-state index in [1.165, 1.54) is 6.21 Å². The van der Waals surface area contributed by atoms with Gasteiger partial charge in [0.1, 0.15) is 24.4 Å². The minimum atomic E-state index is -1.25. The molecule has 0 bridgehead atoms. The number of aliphatic carboxylic acids is 2. The van der Waals surface area contributed by atoms with Gasteiger partial charge in [0.05, 0.1) is 0 Å². The van der Waals surface area contributed by atoms with Crippen LogP contribution < -0.4 is 10.6 Å². The maximum absolute atomic E-state index is 12.4. The van der Waals surface area contributed by atoms with E-state index in [-0.39, 0.29) is 30.8 Å². The first-order valence-corrected chi connectivity index (χ1v) is 10.8. The number of hydrogen-bond donors (Lipinski definition) is 4. The topological polar surface area (TPSA) is 162 Å². The van der Waals surface area contributed by atoms with E-state index in [1.807, 2.05) is 6.92 Å². The van der Waals surface area contributed by atoms with E-state index >= 15 is 0 Å². The second-order valence-electron chi connectivity index (χ2n) is 6.81. The van der Waals surface area contributed by atoms with Gasteiger partial charge in [-0.2, -0.15) is 0 Å². The third-order valence-corrected chi connectivity index (χ3v) is 5.41. The Balaban J connectivity index is 3.02. The molecule has 2 unspecified atom stereocenters. The third kappa shape index (κ3) is 10.4. The molecule has 0 spiro atoms. The zero-order valence-electron chi connectivity index (χ0n) is 17.8. The second-order valence-corrected chi connectivity index (χ2v) is 8.02. The average Bonchev–Trinajstić information content (AvgIpc) is 2.75. The van der Waals surface area contributed by atoms with Crippen molar-refractivity contribution in [3.8, 4) is 0 Å². The molecule has 0 aromatic rings. The summed E-state index contributed by atoms with van der Waals surface area (Å²) in [5.41, 5.74) is 0. The van der Waals surface area contributed by atoms with Crippen LogP contribution >= 0.6 is 11.8 Å². The minimum absolute atomic E-state index is 0.0385. The summed E-state index contributed by atoms with van der Waals surface area (Å²) < 4.78 is 8.31. The van der Waals surface area contributed by atoms with Gasteiger partial charge in [-0.25, -0.2) is 4.79 Å². The van der Waals surface area contributed by atoms with E-state index < -0.39 is 54.0 Å². The normalized spacial score (nSPS) is 25.0. The van der Waals surface area contributed by atoms with Gasteiger partial charge in [-0.3, -0.25) is 24.2 Å². The van der Waals surface area contributed by atoms with Crippen molar-refractivity contribution < 1.29 is 35.6 Å². The first kappa shape index (κ1) is 23.8. The highest BCUT2D eigenvalue weighted by Crippen LogP contribution is 2.19. The molecule has 30 heavy (non-hydrogen) atoms. The van der Waals surface area contributed by atoms with Gasteiger partial charge in [-0.15, -0.1) is 11.8 Å². The standard InChI is InChI=1S/C19H29N3O7S/c1-2-3-4-5-12(23)8-13-9-20-14(19(28)29)6-7-16(24)22-15(11-30-13)18(27)21-10-17(25)26/h9,13-15H,2-8,10-11H2,1H3,(H,21,27)(H,22,24)(H,25,26)(H,28,29)/b20-9+/t13?,14-,15-/m0/s1/i8D/t8?,13?,14-,15-. The van der Waals surface area contributed by atoms with Crippen LogP contribution in [0.4, 0.5) is 0 Å². The molecule has 1 heterocycles. The molecule has 0 aromatic carbocycles. The molecular weight excluding hydrogens is 414 g/mol. The van der Waals surface area contributed by atoms with Crippen molar-refractivity contribution >= 4 is 47.5 Å². The Hall–Kier alpha value is -2.43. The largest absolute Gasteiger partial charge is 0.480 e. The minimum Gasteiger partial charge on any atom is -0.480 e. The molecule has 1 aliphatic heterocycles. The molecule has 0 saturated heterocycles. The summed E-state index contributed by atoms with van der Waals surface area (Å²) in [4.78, 5) is 63.0. The molecule has 0 aromatic heterocycles. The number of nitrogens with zero attached hydrogens (tertiary/aromatic N) is 1. The quantitative estimate of drug-likeness (QED) is 0.357. The molecule has 168 valence electrons. The lowest BCUT2D eigenvalue weighted by atomic mass is 10.1. The lowest BCUT2D eigenvalue weighted by molar-refractivity contribution is -0.139. The van der Waals surface area contributed by atoms with Gasteiger partial charge < -0.3 is 20.8 Å². The summed E-state index contributed by atoms with van der Waals surface area (Å²) in [7, 11) is 0. The number of carbonyl (C=O) groups is 5. The van der Waals surface area contributed by atoms with Crippen molar-refractivity contribution in [1.82, 2.24) is 10.6 Å². The number of amides is 2. The van der Waals surface area contributed by atoms with Gasteiger partial charge in [0, 0.05) is 37.8 Å². The van der Waals surface area contributed by atoms with Crippen molar-refractivity contribution in [2.75, 3.05) is 12.3 Å². The maximum atomic E-state index is 12.4. The molecule has 0 fully saturated rings. The zero-order valence-corrected chi connectivity index (χ0v) is 17.7. The molecular formula is C19H29N3O7S. The highest BCUT2D eigenvalue weighted by Gasteiger charge is 2.26. The Labute approximate surface area is 180 Å². The summed E-state index contributed by atoms with van der Waals surface area (Å²) >= 11 is 1.02. The molecule has 1 aliphatic rings. The van der Waals surface area contributed by atoms with Crippen LogP contribution in [0.1, 0.15) is 53.2 Å². The summed E-state index contributed by atoms with van der Waals surface area (Å²) in [5.74, 6) is -4.13. The lowest BCUT2D eigenvalue weighted by Gasteiger charge is -2.19. The Morgan fingerprint density at radius 2 is 2.07 bits per heavy atom. The molecule has 1 rings (SSSR count). The van der Waals surface area contributed by atoms with Crippen LogP contribution in [0, 0.1) is 0 Å². The number of thioether (sulfide) groups is 1. The van der Waals surface area contributed by atoms with Crippen molar-refractivity contribution in [3.05, 3.63) is 0 Å². The number of rotatable bonds is 10. The molecule has 0 saturated carbocycles. The Kier molecular flexibility index (Phi) is 10.9. The van der Waals surface area contributed by atoms with E-state index in [0.29, 0.717) is 6.42 Å². The highest BCUT2D eigenvalue weighted by molar-refractivity contribution is 8.00. The maximum Gasteiger partial charge on any atom is 0.328 e. The number of carboxylic acids is 2. The first-order chi connectivity index (χ1) is 14.6. The molecule has 11 heteroatoms. The van der Waals surface area contributed by atoms with Crippen LogP contribution in [0.15, 0.2) is 4.99 Å². The number of nitrogens with one attached hydrogen (secondary N) is 2. The van der Waals surface area contributed by atoms with Gasteiger partial charge in [-0.1, -0.05) is 19.8 Å². The van der Waals surface area contributed by atoms with Gasteiger partial charge in [-0.05, 0) is 12.8 Å². The number of Topliss-reactive ketones (excluding diaryl/α,β-unsaturated/α-hetero) is 1. The number of carbonyl (C=O) groups excluding carboxylic acids is 3. The summed E-state index contributed by atoms with van der Waals surface area (Å²) in [6.45, 7) is 1.37. The predicted molar refractivity (Wildman–Crippen MR) is 112 cm³/mol. The van der Waals surface area contributed by atoms with Gasteiger partial charge in [0.25, 0.3) is 0 Å². The van der Waals surface area contributed by atoms with Crippen molar-refractivity contribution in [2.24, 2.45) is 4.99 Å². The van der Waals surface area contributed by atoms with Crippen molar-refractivity contribution in [2.45, 2.75) is 69.2 Å². The molecule has 4 atom stereocenters. The number of carboxylic acid groups (broad SMARTS) is 2. The molecule has 4 N–H and O–H groups in total. The van der Waals surface area contributed by atoms with E-state index in [0.717, 1.165) is 24.6 Å². The summed E-state index contributed by atoms with van der Waals surface area (Å²) in [5, 5.41) is 21.9. The van der Waals surface area contributed by atoms with E-state index in [4.69, 9.17) is 6.48 Å². The Morgan fingerprint density at radius 1 is 1.33 bits per heavy atom. The van der Waals surface area contributed by atoms with Crippen LogP contribution in [0.3, 0.4) is 0 Å². The Morgan fingerprint density at radius 3 is 2.70 bits per heavy atom. The number of ketones is 1. The van der Waals surface area contributed by atoms with Crippen LogP contribution in [0.2, 0.25) is 0 Å². The van der Waals surface area contributed by atoms with Gasteiger partial charge >= 0.3 is 11.9 Å². The summed E-state index contributed by atoms with van der Waals surface area (Å²) in [6.07, 6.45) is 2.35. The van der Waals surface area contributed by atoms with E-state index in [2.05, 4.69) is 15.6 Å². The fourth-order valence-electron chi connectivity index (χ4n) is 2.61. The molecule has 10 nitrogen and oxygen atoms in total. The van der Waals surface area contributed by atoms with Crippen LogP contribution in [-0.2, 0) is 24.0 Å². The predicted octanol–water partition coefficient (Wildman–Crippen LogP) is 0.631. The van der Waals surface area contributed by atoms with E-state index in [1.54, 1.807) is 0 Å². The number of hydrogen-bond acceptors (Lipinski definition) is 7. The van der Waals surface area contributed by atoms with Gasteiger partial charge in [0.15, 0.2) is 0 Å². The number of unbranched alkanes of at least 4 members (excludes halogenated alkanes) is 2. The first-order valence-electron chi connectivity index (χ1n) is 10.3. The van der Waals surface area contributed by atoms with Crippen LogP contribution in [0.5, 0.6) is 0 Å². The van der Waals surface area contributed by atoms with Crippen LogP contribution in [-0.4, -0.2) is 75.6 Å². The zero-order chi connectivity index (χ0) is 23.4. The third-order valence-electron chi connectivity index (χ3n) is 4.24. The SMILES string of the molecule is [2H]C(C(=O)CCCCC)C1/C=N/[C@H](C(=O)O)CCC(=O)N[C@H](C(=O)NCC(=O)O)CS1. The van der Waals surface area contributed by atoms with E-state index in [9.17, 15) is 29.1 Å². The van der Waals surface area contributed by atoms with Crippen molar-refractivity contribution in [3.63, 3.8) is 0 Å². The fraction of sp³-hybridized carbons (Fsp3) is 0.684. The second kappa shape index (κ2) is 13.7. The molecule has 0 aliphatic carbocycles. The van der Waals surface area contributed by atoms with Crippen molar-refractivity contribution in [1.29, 1.82) is 0 Å². The Bertz CT molecular complexity index is 704. The number of aliphatic imine (C=N–C) groups is 1. The average molecular weight is 445 g/mol. The summed E-state index contributed by atoms with van der Waals surface area (Å²) in [6, 6.07) is -2.31. The smallest absolute Gasteiger partial charge is 0.328 e.